The average Bonchev–Trinajstić information content (AvgIpc) is 3.04. The normalized spacial score (nSPS) is 15.2. The Bertz CT molecular complexity index is 1160. The van der Waals surface area contributed by atoms with E-state index in [1.54, 1.807) is 0 Å². The molecule has 2 aromatic heterocycles. The Labute approximate surface area is 128 Å². The largest absolute Gasteiger partial charge is 0.295 e. The lowest BCUT2D eigenvalue weighted by Crippen LogP contribution is -2.31. The van der Waals surface area contributed by atoms with Gasteiger partial charge in [-0.05, 0) is 18.9 Å². The van der Waals surface area contributed by atoms with Crippen molar-refractivity contribution in [2.45, 2.75) is 33.2 Å². The van der Waals surface area contributed by atoms with E-state index in [0.717, 1.165) is 6.54 Å². The molecule has 0 saturated heterocycles. The van der Waals surface area contributed by atoms with Crippen molar-refractivity contribution in [3.8, 4) is 0 Å². The summed E-state index contributed by atoms with van der Waals surface area (Å²) in [6.45, 7) is 5.59. The van der Waals surface area contributed by atoms with E-state index in [1.807, 2.05) is 0 Å². The highest BCUT2D eigenvalue weighted by Crippen LogP contribution is 2.39. The van der Waals surface area contributed by atoms with Crippen LogP contribution in [0.25, 0.3) is 27.3 Å². The van der Waals surface area contributed by atoms with Gasteiger partial charge in [0.1, 0.15) is 17.8 Å². The number of hydrogen-bond donors (Lipinski definition) is 0. The third kappa shape index (κ3) is 1.01. The van der Waals surface area contributed by atoms with Crippen molar-refractivity contribution in [2.75, 3.05) is 0 Å². The van der Waals surface area contributed by atoms with Gasteiger partial charge >= 0.3 is 0 Å². The molecule has 4 heterocycles. The number of para-hydroxylation sites is 1. The summed E-state index contributed by atoms with van der Waals surface area (Å²) in [5.41, 5.74) is 10.3. The smallest absolute Gasteiger partial charge is 0.222 e. The summed E-state index contributed by atoms with van der Waals surface area (Å²) in [7, 11) is 0. The standard InChI is InChI=1S/C20H17N2/c1-11-6-7-14-10-21-12(2)16-9-8-13-4-3-5-15-17(11)18(14)20(21)22(16)19(13)15/h3-7H,8-10H2,1-2H3/q+1. The summed E-state index contributed by atoms with van der Waals surface area (Å²) in [6, 6.07) is 11.5. The lowest BCUT2D eigenvalue weighted by atomic mass is 9.93. The lowest BCUT2D eigenvalue weighted by molar-refractivity contribution is -0.492. The van der Waals surface area contributed by atoms with Gasteiger partial charge in [-0.3, -0.25) is 0 Å². The van der Waals surface area contributed by atoms with Gasteiger partial charge in [0, 0.05) is 35.2 Å². The molecule has 0 atom stereocenters. The van der Waals surface area contributed by atoms with Gasteiger partial charge in [0.05, 0.1) is 5.39 Å². The van der Waals surface area contributed by atoms with Crippen molar-refractivity contribution >= 4 is 27.3 Å². The van der Waals surface area contributed by atoms with E-state index in [0.29, 0.717) is 0 Å². The van der Waals surface area contributed by atoms with E-state index in [9.17, 15) is 0 Å². The predicted octanol–water partition coefficient (Wildman–Crippen LogP) is 3.61. The minimum atomic E-state index is 1.03. The Morgan fingerprint density at radius 3 is 2.77 bits per heavy atom. The number of aromatic nitrogens is 2. The number of nitrogens with zero attached hydrogens (tertiary/aromatic N) is 2. The van der Waals surface area contributed by atoms with Crippen LogP contribution in [-0.2, 0) is 19.4 Å². The Morgan fingerprint density at radius 2 is 1.86 bits per heavy atom. The summed E-state index contributed by atoms with van der Waals surface area (Å²) in [6.07, 6.45) is 2.33. The van der Waals surface area contributed by atoms with Gasteiger partial charge in [-0.25, -0.2) is 4.57 Å². The Hall–Kier alpha value is -2.35. The van der Waals surface area contributed by atoms with Crippen LogP contribution in [0.3, 0.4) is 0 Å². The second kappa shape index (κ2) is 3.35. The summed E-state index contributed by atoms with van der Waals surface area (Å²) < 4.78 is 5.11. The molecule has 6 rings (SSSR count). The number of imidazole rings is 1. The molecule has 2 heteroatoms. The number of rotatable bonds is 0. The summed E-state index contributed by atoms with van der Waals surface area (Å²) in [4.78, 5) is 0. The van der Waals surface area contributed by atoms with Gasteiger partial charge in [-0.15, -0.1) is 0 Å². The molecule has 0 saturated carbocycles. The van der Waals surface area contributed by atoms with Crippen LogP contribution < -0.4 is 4.40 Å². The summed E-state index contributed by atoms with van der Waals surface area (Å²) >= 11 is 0. The zero-order valence-corrected chi connectivity index (χ0v) is 12.9. The molecule has 0 amide bonds. The van der Waals surface area contributed by atoms with Gasteiger partial charge < -0.3 is 0 Å². The van der Waals surface area contributed by atoms with E-state index in [1.165, 1.54) is 68.2 Å². The molecular weight excluding hydrogens is 268 g/mol. The molecule has 2 nitrogen and oxygen atoms in total. The first kappa shape index (κ1) is 11.2. The zero-order valence-electron chi connectivity index (χ0n) is 12.9. The maximum Gasteiger partial charge on any atom is 0.295 e. The zero-order chi connectivity index (χ0) is 14.6. The highest BCUT2D eigenvalue weighted by molar-refractivity contribution is 6.13. The SMILES string of the molecule is Cc1ccc2c3c1c1cccc4c1[n+]1c(c(C)n(c31)C2)CC4. The Morgan fingerprint density at radius 1 is 0.955 bits per heavy atom. The molecule has 0 unspecified atom stereocenters. The van der Waals surface area contributed by atoms with Gasteiger partial charge in [-0.2, -0.15) is 4.40 Å². The highest BCUT2D eigenvalue weighted by Gasteiger charge is 2.35. The van der Waals surface area contributed by atoms with Crippen LogP contribution in [0.5, 0.6) is 0 Å². The van der Waals surface area contributed by atoms with Crippen LogP contribution >= 0.6 is 0 Å². The molecular formula is C20H17N2+. The first-order chi connectivity index (χ1) is 10.8. The van der Waals surface area contributed by atoms with Crippen molar-refractivity contribution in [3.05, 3.63) is 58.4 Å². The first-order valence-electron chi connectivity index (χ1n) is 8.15. The van der Waals surface area contributed by atoms with Crippen LogP contribution in [0.15, 0.2) is 30.3 Å². The third-order valence-electron chi connectivity index (χ3n) is 5.86. The lowest BCUT2D eigenvalue weighted by Gasteiger charge is -2.14. The maximum atomic E-state index is 2.57. The van der Waals surface area contributed by atoms with E-state index in [4.69, 9.17) is 0 Å². The number of fused-ring (bicyclic) bond motifs is 1. The van der Waals surface area contributed by atoms with E-state index in [2.05, 4.69) is 53.1 Å². The molecule has 0 radical (unpaired) electrons. The minimum absolute atomic E-state index is 1.03. The fourth-order valence-electron chi connectivity index (χ4n) is 4.87. The van der Waals surface area contributed by atoms with E-state index >= 15 is 0 Å². The third-order valence-corrected chi connectivity index (χ3v) is 5.86. The second-order valence-electron chi connectivity index (χ2n) is 6.88. The van der Waals surface area contributed by atoms with Crippen molar-refractivity contribution in [2.24, 2.45) is 0 Å². The maximum absolute atomic E-state index is 2.57. The quantitative estimate of drug-likeness (QED) is 0.304. The number of benzene rings is 2. The topological polar surface area (TPSA) is 9.03 Å². The molecule has 0 fully saturated rings. The van der Waals surface area contributed by atoms with Crippen LogP contribution in [0.1, 0.15) is 28.1 Å². The Kier molecular flexibility index (Phi) is 1.71. The summed E-state index contributed by atoms with van der Waals surface area (Å²) in [5, 5.41) is 4.39. The van der Waals surface area contributed by atoms with Crippen LogP contribution in [0.2, 0.25) is 0 Å². The van der Waals surface area contributed by atoms with E-state index < -0.39 is 0 Å². The van der Waals surface area contributed by atoms with Gasteiger partial charge in [0.15, 0.2) is 5.69 Å². The predicted molar refractivity (Wildman–Crippen MR) is 88.6 cm³/mol. The molecule has 0 spiro atoms. The van der Waals surface area contributed by atoms with Crippen LogP contribution in [0, 0.1) is 13.8 Å². The average molecular weight is 285 g/mol. The van der Waals surface area contributed by atoms with Crippen LogP contribution in [0.4, 0.5) is 0 Å². The number of hydrogen-bond acceptors (Lipinski definition) is 0. The monoisotopic (exact) mass is 285 g/mol. The van der Waals surface area contributed by atoms with Gasteiger partial charge in [-0.1, -0.05) is 30.3 Å². The highest BCUT2D eigenvalue weighted by atomic mass is 15.2. The number of pyridine rings is 1. The first-order valence-corrected chi connectivity index (χ1v) is 8.15. The van der Waals surface area contributed by atoms with Crippen molar-refractivity contribution in [3.63, 3.8) is 0 Å². The summed E-state index contributed by atoms with van der Waals surface area (Å²) in [5.74, 6) is 0. The molecule has 0 bridgehead atoms. The molecule has 2 aliphatic rings. The second-order valence-corrected chi connectivity index (χ2v) is 6.88. The molecule has 0 N–H and O–H groups in total. The van der Waals surface area contributed by atoms with Gasteiger partial charge in [0.2, 0.25) is 0 Å². The minimum Gasteiger partial charge on any atom is -0.222 e. The van der Waals surface area contributed by atoms with Crippen molar-refractivity contribution in [1.29, 1.82) is 0 Å². The van der Waals surface area contributed by atoms with E-state index in [-0.39, 0.29) is 0 Å². The molecule has 106 valence electrons. The van der Waals surface area contributed by atoms with Crippen molar-refractivity contribution in [1.82, 2.24) is 4.57 Å². The fraction of sp³-hybridized carbons (Fsp3) is 0.250. The Balaban J connectivity index is 2.13. The van der Waals surface area contributed by atoms with Gasteiger partial charge in [0.25, 0.3) is 5.65 Å². The molecule has 22 heavy (non-hydrogen) atoms. The molecule has 2 aliphatic heterocycles. The molecule has 2 aromatic carbocycles. The van der Waals surface area contributed by atoms with Crippen molar-refractivity contribution < 1.29 is 4.40 Å². The number of aryl methyl sites for hydroxylation is 3. The fourth-order valence-corrected chi connectivity index (χ4v) is 4.87. The van der Waals surface area contributed by atoms with Crippen LogP contribution in [-0.4, -0.2) is 4.57 Å². The molecule has 4 aromatic rings. The molecule has 0 aliphatic carbocycles.